The Hall–Kier alpha value is -3.35. The summed E-state index contributed by atoms with van der Waals surface area (Å²) >= 11 is 0. The summed E-state index contributed by atoms with van der Waals surface area (Å²) in [5.74, 6) is -0.460. The SMILES string of the molecule is CC1CC[C@@H](Nc2c(C(N)=O)cnn3cc(-c4ccccc4C(N)=O)cc23)C1(C)C. The molecule has 156 valence electrons. The lowest BCUT2D eigenvalue weighted by Gasteiger charge is -2.33. The Kier molecular flexibility index (Phi) is 4.76. The van der Waals surface area contributed by atoms with Gasteiger partial charge in [0.25, 0.3) is 5.91 Å². The van der Waals surface area contributed by atoms with Crippen LogP contribution in [0, 0.1) is 11.3 Å². The summed E-state index contributed by atoms with van der Waals surface area (Å²) < 4.78 is 1.70. The highest BCUT2D eigenvalue weighted by atomic mass is 16.1. The van der Waals surface area contributed by atoms with E-state index < -0.39 is 11.8 Å². The van der Waals surface area contributed by atoms with E-state index in [9.17, 15) is 9.59 Å². The van der Waals surface area contributed by atoms with Gasteiger partial charge in [0.1, 0.15) is 0 Å². The van der Waals surface area contributed by atoms with Gasteiger partial charge < -0.3 is 16.8 Å². The molecule has 4 rings (SSSR count). The van der Waals surface area contributed by atoms with E-state index in [1.165, 1.54) is 6.20 Å². The summed E-state index contributed by atoms with van der Waals surface area (Å²) in [6.45, 7) is 6.75. The number of nitrogens with zero attached hydrogens (tertiary/aromatic N) is 2. The number of benzene rings is 1. The molecule has 0 radical (unpaired) electrons. The van der Waals surface area contributed by atoms with Gasteiger partial charge in [0, 0.05) is 23.4 Å². The Morgan fingerprint density at radius 1 is 1.13 bits per heavy atom. The molecule has 2 aromatic heterocycles. The van der Waals surface area contributed by atoms with Crippen LogP contribution in [0.5, 0.6) is 0 Å². The van der Waals surface area contributed by atoms with Gasteiger partial charge >= 0.3 is 0 Å². The summed E-state index contributed by atoms with van der Waals surface area (Å²) in [4.78, 5) is 24.0. The van der Waals surface area contributed by atoms with Crippen LogP contribution in [-0.2, 0) is 0 Å². The Balaban J connectivity index is 1.86. The molecule has 0 aliphatic heterocycles. The summed E-state index contributed by atoms with van der Waals surface area (Å²) in [7, 11) is 0. The normalized spacial score (nSPS) is 20.4. The lowest BCUT2D eigenvalue weighted by atomic mass is 9.80. The predicted octanol–water partition coefficient (Wildman–Crippen LogP) is 3.44. The minimum absolute atomic E-state index is 0.0726. The second-order valence-electron chi connectivity index (χ2n) is 8.76. The molecule has 1 aromatic carbocycles. The van der Waals surface area contributed by atoms with Crippen LogP contribution < -0.4 is 16.8 Å². The zero-order valence-corrected chi connectivity index (χ0v) is 17.5. The fourth-order valence-corrected chi connectivity index (χ4v) is 4.43. The van der Waals surface area contributed by atoms with E-state index in [1.54, 1.807) is 16.6 Å². The first-order valence-electron chi connectivity index (χ1n) is 10.2. The van der Waals surface area contributed by atoms with E-state index >= 15 is 0 Å². The van der Waals surface area contributed by atoms with E-state index in [0.717, 1.165) is 29.5 Å². The smallest absolute Gasteiger partial charge is 0.252 e. The van der Waals surface area contributed by atoms with E-state index in [0.29, 0.717) is 22.7 Å². The molecule has 2 amide bonds. The van der Waals surface area contributed by atoms with Crippen molar-refractivity contribution in [3.05, 3.63) is 53.9 Å². The largest absolute Gasteiger partial charge is 0.379 e. The topological polar surface area (TPSA) is 116 Å². The first-order chi connectivity index (χ1) is 14.2. The highest BCUT2D eigenvalue weighted by Crippen LogP contribution is 2.44. The quantitative estimate of drug-likeness (QED) is 0.603. The molecule has 1 unspecified atom stereocenters. The van der Waals surface area contributed by atoms with Crippen LogP contribution in [0.25, 0.3) is 16.6 Å². The van der Waals surface area contributed by atoms with E-state index in [4.69, 9.17) is 11.5 Å². The van der Waals surface area contributed by atoms with Gasteiger partial charge in [-0.25, -0.2) is 4.52 Å². The molecule has 3 aromatic rings. The lowest BCUT2D eigenvalue weighted by molar-refractivity contribution is 0.0992. The molecule has 7 heteroatoms. The summed E-state index contributed by atoms with van der Waals surface area (Å²) in [6, 6.07) is 9.29. The van der Waals surface area contributed by atoms with Crippen molar-refractivity contribution in [1.82, 2.24) is 9.61 Å². The maximum Gasteiger partial charge on any atom is 0.252 e. The Labute approximate surface area is 175 Å². The molecule has 1 fully saturated rings. The first-order valence-corrected chi connectivity index (χ1v) is 10.2. The fourth-order valence-electron chi connectivity index (χ4n) is 4.43. The number of hydrogen-bond donors (Lipinski definition) is 3. The standard InChI is InChI=1S/C23H27N5O2/c1-13-8-9-19(23(13,2)3)27-20-17(22(25)30)11-26-28-12-14(10-18(20)28)15-6-4-5-7-16(15)21(24)29/h4-7,10-13,19,27H,8-9H2,1-3H3,(H2,24,29)(H2,25,30)/t13?,19-/m1/s1. The van der Waals surface area contributed by atoms with Gasteiger partial charge in [-0.3, -0.25) is 9.59 Å². The van der Waals surface area contributed by atoms with Crippen molar-refractivity contribution in [1.29, 1.82) is 0 Å². The lowest BCUT2D eigenvalue weighted by Crippen LogP contribution is -2.35. The molecule has 0 bridgehead atoms. The van der Waals surface area contributed by atoms with Crippen molar-refractivity contribution < 1.29 is 9.59 Å². The van der Waals surface area contributed by atoms with Crippen LogP contribution >= 0.6 is 0 Å². The number of aromatic nitrogens is 2. The van der Waals surface area contributed by atoms with E-state index in [1.807, 2.05) is 24.4 Å². The van der Waals surface area contributed by atoms with Crippen molar-refractivity contribution in [3.8, 4) is 11.1 Å². The number of rotatable bonds is 5. The summed E-state index contributed by atoms with van der Waals surface area (Å²) in [5, 5.41) is 7.97. The fraction of sp³-hybridized carbons (Fsp3) is 0.348. The average molecular weight is 406 g/mol. The number of nitrogens with two attached hydrogens (primary N) is 2. The van der Waals surface area contributed by atoms with Crippen LogP contribution in [0.3, 0.4) is 0 Å². The highest BCUT2D eigenvalue weighted by molar-refractivity contribution is 6.03. The molecule has 1 saturated carbocycles. The molecule has 7 nitrogen and oxygen atoms in total. The number of carbonyl (C=O) groups excluding carboxylic acids is 2. The van der Waals surface area contributed by atoms with Crippen molar-refractivity contribution in [2.45, 2.75) is 39.7 Å². The molecule has 30 heavy (non-hydrogen) atoms. The molecular weight excluding hydrogens is 378 g/mol. The van der Waals surface area contributed by atoms with Gasteiger partial charge in [-0.15, -0.1) is 0 Å². The van der Waals surface area contributed by atoms with Crippen molar-refractivity contribution in [2.75, 3.05) is 5.32 Å². The second kappa shape index (κ2) is 7.16. The number of anilines is 1. The monoisotopic (exact) mass is 405 g/mol. The van der Waals surface area contributed by atoms with Gasteiger partial charge in [0.15, 0.2) is 0 Å². The average Bonchev–Trinajstić information content (AvgIpc) is 3.24. The number of nitrogens with one attached hydrogen (secondary N) is 1. The Bertz CT molecular complexity index is 1150. The molecule has 0 saturated heterocycles. The minimum Gasteiger partial charge on any atom is -0.379 e. The third-order valence-electron chi connectivity index (χ3n) is 6.78. The van der Waals surface area contributed by atoms with Gasteiger partial charge in [-0.1, -0.05) is 39.0 Å². The second-order valence-corrected chi connectivity index (χ2v) is 8.76. The number of amides is 2. The Morgan fingerprint density at radius 2 is 1.83 bits per heavy atom. The van der Waals surface area contributed by atoms with Crippen LogP contribution in [-0.4, -0.2) is 27.5 Å². The third-order valence-corrected chi connectivity index (χ3v) is 6.78. The molecule has 1 aliphatic rings. The van der Waals surface area contributed by atoms with Gasteiger partial charge in [0.05, 0.1) is 23.0 Å². The molecule has 0 spiro atoms. The van der Waals surface area contributed by atoms with Crippen molar-refractivity contribution in [3.63, 3.8) is 0 Å². The minimum atomic E-state index is -0.531. The van der Waals surface area contributed by atoms with Crippen LogP contribution in [0.1, 0.15) is 54.3 Å². The predicted molar refractivity (Wildman–Crippen MR) is 117 cm³/mol. The zero-order valence-electron chi connectivity index (χ0n) is 17.5. The molecule has 2 atom stereocenters. The van der Waals surface area contributed by atoms with Crippen molar-refractivity contribution >= 4 is 23.0 Å². The van der Waals surface area contributed by atoms with Gasteiger partial charge in [-0.05, 0) is 41.9 Å². The van der Waals surface area contributed by atoms with Crippen LogP contribution in [0.2, 0.25) is 0 Å². The van der Waals surface area contributed by atoms with Gasteiger partial charge in [0.2, 0.25) is 5.91 Å². The molecular formula is C23H27N5O2. The Morgan fingerprint density at radius 3 is 2.47 bits per heavy atom. The molecule has 2 heterocycles. The third kappa shape index (κ3) is 3.20. The summed E-state index contributed by atoms with van der Waals surface area (Å²) in [6.07, 6.45) is 5.46. The van der Waals surface area contributed by atoms with Gasteiger partial charge in [-0.2, -0.15) is 5.10 Å². The van der Waals surface area contributed by atoms with Crippen LogP contribution in [0.4, 0.5) is 5.69 Å². The van der Waals surface area contributed by atoms with Crippen LogP contribution in [0.15, 0.2) is 42.7 Å². The number of primary amides is 2. The molecule has 5 N–H and O–H groups in total. The summed E-state index contributed by atoms with van der Waals surface area (Å²) in [5.41, 5.74) is 15.0. The maximum absolute atomic E-state index is 12.2. The van der Waals surface area contributed by atoms with E-state index in [2.05, 4.69) is 31.2 Å². The van der Waals surface area contributed by atoms with E-state index in [-0.39, 0.29) is 11.5 Å². The maximum atomic E-state index is 12.2. The zero-order chi connectivity index (χ0) is 21.6. The van der Waals surface area contributed by atoms with Crippen molar-refractivity contribution in [2.24, 2.45) is 22.8 Å². The number of hydrogen-bond acceptors (Lipinski definition) is 4. The molecule has 1 aliphatic carbocycles. The highest BCUT2D eigenvalue weighted by Gasteiger charge is 2.41. The number of fused-ring (bicyclic) bond motifs is 1. The number of carbonyl (C=O) groups is 2. The first kappa shape index (κ1) is 19.9.